The number of rotatable bonds is 7. The normalized spacial score (nSPS) is 14.8. The average molecular weight is 402 g/mol. The van der Waals surface area contributed by atoms with Gasteiger partial charge in [0.25, 0.3) is 5.69 Å². The van der Waals surface area contributed by atoms with Crippen LogP contribution in [-0.4, -0.2) is 46.8 Å². The van der Waals surface area contributed by atoms with Crippen molar-refractivity contribution >= 4 is 23.2 Å². The molecule has 6 nitrogen and oxygen atoms in total. The molecule has 0 aromatic heterocycles. The van der Waals surface area contributed by atoms with Crippen LogP contribution < -0.4 is 0 Å². The SMILES string of the molecule is O=C(CCCc1ccc(Cl)cc1)N1CCN(Cc2cccc([N+](=O)[O-])c2)CC1. The first-order chi connectivity index (χ1) is 13.5. The number of carbonyl (C=O) groups is 1. The first kappa shape index (κ1) is 20.3. The molecule has 3 rings (SSSR count). The Morgan fingerprint density at radius 3 is 2.43 bits per heavy atom. The van der Waals surface area contributed by atoms with Crippen molar-refractivity contribution in [3.05, 3.63) is 74.8 Å². The minimum atomic E-state index is -0.371. The van der Waals surface area contributed by atoms with Gasteiger partial charge in [-0.25, -0.2) is 0 Å². The van der Waals surface area contributed by atoms with E-state index in [1.54, 1.807) is 12.1 Å². The van der Waals surface area contributed by atoms with Crippen LogP contribution in [0, 0.1) is 10.1 Å². The summed E-state index contributed by atoms with van der Waals surface area (Å²) in [7, 11) is 0. The molecule has 7 heteroatoms. The molecule has 0 spiro atoms. The lowest BCUT2D eigenvalue weighted by Gasteiger charge is -2.34. The highest BCUT2D eigenvalue weighted by Crippen LogP contribution is 2.16. The number of nitro benzene ring substituents is 1. The number of nitrogens with zero attached hydrogens (tertiary/aromatic N) is 3. The summed E-state index contributed by atoms with van der Waals surface area (Å²) in [6, 6.07) is 14.5. The monoisotopic (exact) mass is 401 g/mol. The van der Waals surface area contributed by atoms with E-state index < -0.39 is 0 Å². The molecule has 0 saturated carbocycles. The van der Waals surface area contributed by atoms with Crippen molar-refractivity contribution in [1.29, 1.82) is 0 Å². The average Bonchev–Trinajstić information content (AvgIpc) is 2.70. The molecule has 28 heavy (non-hydrogen) atoms. The van der Waals surface area contributed by atoms with Crippen LogP contribution in [0.15, 0.2) is 48.5 Å². The van der Waals surface area contributed by atoms with Crippen LogP contribution in [-0.2, 0) is 17.8 Å². The van der Waals surface area contributed by atoms with Crippen LogP contribution in [0.4, 0.5) is 5.69 Å². The van der Waals surface area contributed by atoms with Crippen LogP contribution >= 0.6 is 11.6 Å². The molecule has 1 fully saturated rings. The number of carbonyl (C=O) groups excluding carboxylic acids is 1. The zero-order valence-electron chi connectivity index (χ0n) is 15.7. The summed E-state index contributed by atoms with van der Waals surface area (Å²) in [6.45, 7) is 3.64. The molecular formula is C21H24ClN3O3. The van der Waals surface area contributed by atoms with E-state index in [4.69, 9.17) is 11.6 Å². The summed E-state index contributed by atoms with van der Waals surface area (Å²) in [5, 5.41) is 11.6. The summed E-state index contributed by atoms with van der Waals surface area (Å²) in [5.74, 6) is 0.198. The van der Waals surface area contributed by atoms with Gasteiger partial charge in [0, 0.05) is 56.3 Å². The van der Waals surface area contributed by atoms with E-state index in [2.05, 4.69) is 4.90 Å². The van der Waals surface area contributed by atoms with Crippen molar-refractivity contribution in [2.24, 2.45) is 0 Å². The fourth-order valence-electron chi connectivity index (χ4n) is 3.43. The number of non-ortho nitro benzene ring substituents is 1. The van der Waals surface area contributed by atoms with Gasteiger partial charge in [0.1, 0.15) is 0 Å². The fraction of sp³-hybridized carbons (Fsp3) is 0.381. The molecule has 2 aromatic carbocycles. The zero-order chi connectivity index (χ0) is 19.9. The Balaban J connectivity index is 1.40. The quantitative estimate of drug-likeness (QED) is 0.521. The third-order valence-corrected chi connectivity index (χ3v) is 5.27. The predicted molar refractivity (Wildman–Crippen MR) is 109 cm³/mol. The molecular weight excluding hydrogens is 378 g/mol. The lowest BCUT2D eigenvalue weighted by molar-refractivity contribution is -0.384. The van der Waals surface area contributed by atoms with E-state index in [1.807, 2.05) is 35.2 Å². The maximum Gasteiger partial charge on any atom is 0.269 e. The Hall–Kier alpha value is -2.44. The number of nitro groups is 1. The van der Waals surface area contributed by atoms with Crippen molar-refractivity contribution in [1.82, 2.24) is 9.80 Å². The Morgan fingerprint density at radius 1 is 1.04 bits per heavy atom. The fourth-order valence-corrected chi connectivity index (χ4v) is 3.56. The minimum Gasteiger partial charge on any atom is -0.340 e. The number of aryl methyl sites for hydroxylation is 1. The molecule has 148 valence electrons. The smallest absolute Gasteiger partial charge is 0.269 e. The second kappa shape index (κ2) is 9.66. The van der Waals surface area contributed by atoms with E-state index >= 15 is 0 Å². The van der Waals surface area contributed by atoms with Crippen molar-refractivity contribution in [2.45, 2.75) is 25.8 Å². The molecule has 1 heterocycles. The Morgan fingerprint density at radius 2 is 1.75 bits per heavy atom. The molecule has 0 atom stereocenters. The van der Waals surface area contributed by atoms with Gasteiger partial charge in [-0.3, -0.25) is 19.8 Å². The maximum atomic E-state index is 12.4. The highest BCUT2D eigenvalue weighted by molar-refractivity contribution is 6.30. The second-order valence-corrected chi connectivity index (χ2v) is 7.50. The number of amides is 1. The molecule has 0 unspecified atom stereocenters. The number of hydrogen-bond donors (Lipinski definition) is 0. The van der Waals surface area contributed by atoms with Crippen molar-refractivity contribution < 1.29 is 9.72 Å². The van der Waals surface area contributed by atoms with Gasteiger partial charge in [-0.1, -0.05) is 35.9 Å². The number of piperazine rings is 1. The lowest BCUT2D eigenvalue weighted by atomic mass is 10.1. The van der Waals surface area contributed by atoms with E-state index in [-0.39, 0.29) is 16.5 Å². The van der Waals surface area contributed by atoms with Crippen LogP contribution in [0.3, 0.4) is 0 Å². The Labute approximate surface area is 169 Å². The molecule has 0 N–H and O–H groups in total. The van der Waals surface area contributed by atoms with Crippen molar-refractivity contribution in [3.63, 3.8) is 0 Å². The second-order valence-electron chi connectivity index (χ2n) is 7.06. The molecule has 1 aliphatic heterocycles. The third-order valence-electron chi connectivity index (χ3n) is 5.02. The molecule has 1 aliphatic rings. The number of benzene rings is 2. The molecule has 1 saturated heterocycles. The molecule has 1 amide bonds. The minimum absolute atomic E-state index is 0.118. The van der Waals surface area contributed by atoms with Gasteiger partial charge in [0.05, 0.1) is 4.92 Å². The highest BCUT2D eigenvalue weighted by atomic mass is 35.5. The van der Waals surface area contributed by atoms with Gasteiger partial charge in [-0.15, -0.1) is 0 Å². The topological polar surface area (TPSA) is 66.7 Å². The first-order valence-corrected chi connectivity index (χ1v) is 9.87. The predicted octanol–water partition coefficient (Wildman–Crippen LogP) is 3.92. The van der Waals surface area contributed by atoms with Gasteiger partial charge in [0.15, 0.2) is 0 Å². The van der Waals surface area contributed by atoms with Crippen LogP contribution in [0.5, 0.6) is 0 Å². The van der Waals surface area contributed by atoms with E-state index in [0.717, 1.165) is 36.5 Å². The number of halogens is 1. The molecule has 0 bridgehead atoms. The van der Waals surface area contributed by atoms with Crippen LogP contribution in [0.25, 0.3) is 0 Å². The Bertz CT molecular complexity index is 818. The third kappa shape index (κ3) is 5.78. The summed E-state index contributed by atoms with van der Waals surface area (Å²) < 4.78 is 0. The van der Waals surface area contributed by atoms with Crippen molar-refractivity contribution in [2.75, 3.05) is 26.2 Å². The summed E-state index contributed by atoms with van der Waals surface area (Å²) in [4.78, 5) is 27.1. The summed E-state index contributed by atoms with van der Waals surface area (Å²) in [5.41, 5.74) is 2.24. The number of hydrogen-bond acceptors (Lipinski definition) is 4. The first-order valence-electron chi connectivity index (χ1n) is 9.49. The van der Waals surface area contributed by atoms with Crippen LogP contribution in [0.2, 0.25) is 5.02 Å². The lowest BCUT2D eigenvalue weighted by Crippen LogP contribution is -2.48. The van der Waals surface area contributed by atoms with Crippen molar-refractivity contribution in [3.8, 4) is 0 Å². The van der Waals surface area contributed by atoms with E-state index in [0.29, 0.717) is 26.1 Å². The Kier molecular flexibility index (Phi) is 7.01. The van der Waals surface area contributed by atoms with Gasteiger partial charge >= 0.3 is 0 Å². The van der Waals surface area contributed by atoms with Crippen LogP contribution in [0.1, 0.15) is 24.0 Å². The van der Waals surface area contributed by atoms with Gasteiger partial charge < -0.3 is 4.90 Å². The molecule has 2 aromatic rings. The highest BCUT2D eigenvalue weighted by Gasteiger charge is 2.21. The maximum absolute atomic E-state index is 12.4. The zero-order valence-corrected chi connectivity index (χ0v) is 16.5. The summed E-state index contributed by atoms with van der Waals surface area (Å²) >= 11 is 5.89. The summed E-state index contributed by atoms with van der Waals surface area (Å²) in [6.07, 6.45) is 2.25. The van der Waals surface area contributed by atoms with Gasteiger partial charge in [-0.2, -0.15) is 0 Å². The molecule has 0 aliphatic carbocycles. The standard InChI is InChI=1S/C21H24ClN3O3/c22-19-9-7-17(8-10-19)3-2-6-21(26)24-13-11-23(12-14-24)16-18-4-1-5-20(15-18)25(27)28/h1,4-5,7-10,15H,2-3,6,11-14,16H2. The van der Waals surface area contributed by atoms with Gasteiger partial charge in [-0.05, 0) is 36.1 Å². The molecule has 0 radical (unpaired) electrons. The van der Waals surface area contributed by atoms with E-state index in [1.165, 1.54) is 11.6 Å². The van der Waals surface area contributed by atoms with E-state index in [9.17, 15) is 14.9 Å². The van der Waals surface area contributed by atoms with Gasteiger partial charge in [0.2, 0.25) is 5.91 Å². The largest absolute Gasteiger partial charge is 0.340 e.